The molecule has 0 saturated heterocycles. The van der Waals surface area contributed by atoms with Gasteiger partial charge in [0.25, 0.3) is 11.4 Å². The summed E-state index contributed by atoms with van der Waals surface area (Å²) in [6, 6.07) is 10.6. The van der Waals surface area contributed by atoms with Crippen LogP contribution in [0.2, 0.25) is 0 Å². The van der Waals surface area contributed by atoms with Crippen LogP contribution in [0.15, 0.2) is 36.4 Å². The Morgan fingerprint density at radius 2 is 0.967 bits per heavy atom. The van der Waals surface area contributed by atoms with Gasteiger partial charge in [-0.15, -0.1) is 0 Å². The standard InChI is InChI=1S/C24H28N2O4/c27-25(28)23-15-19(17-7-3-1-4-8-17)11-13-21(23)22-14-12-20(16-24(22)26(29)30)18-9-5-2-6-10-18/h11-18H,1-10H2. The van der Waals surface area contributed by atoms with Crippen molar-refractivity contribution in [1.29, 1.82) is 0 Å². The zero-order valence-corrected chi connectivity index (χ0v) is 17.2. The molecule has 4 rings (SSSR count). The molecule has 0 atom stereocenters. The summed E-state index contributed by atoms with van der Waals surface area (Å²) in [6.45, 7) is 0. The van der Waals surface area contributed by atoms with Crippen LogP contribution in [0.5, 0.6) is 0 Å². The van der Waals surface area contributed by atoms with Crippen molar-refractivity contribution in [3.05, 3.63) is 67.8 Å². The second-order valence-electron chi connectivity index (χ2n) is 8.74. The zero-order chi connectivity index (χ0) is 21.1. The highest BCUT2D eigenvalue weighted by Gasteiger charge is 2.27. The largest absolute Gasteiger partial charge is 0.277 e. The molecule has 0 aromatic heterocycles. The summed E-state index contributed by atoms with van der Waals surface area (Å²) >= 11 is 0. The Morgan fingerprint density at radius 1 is 0.600 bits per heavy atom. The summed E-state index contributed by atoms with van der Waals surface area (Å²) in [5, 5.41) is 23.7. The lowest BCUT2D eigenvalue weighted by Gasteiger charge is -2.22. The molecule has 6 heteroatoms. The number of nitro groups is 2. The number of nitrogens with zero attached hydrogens (tertiary/aromatic N) is 2. The molecule has 0 aliphatic heterocycles. The molecule has 30 heavy (non-hydrogen) atoms. The highest BCUT2D eigenvalue weighted by Crippen LogP contribution is 2.42. The number of hydrogen-bond acceptors (Lipinski definition) is 4. The Labute approximate surface area is 176 Å². The van der Waals surface area contributed by atoms with Gasteiger partial charge in [0.2, 0.25) is 0 Å². The van der Waals surface area contributed by atoms with Crippen molar-refractivity contribution < 1.29 is 9.85 Å². The van der Waals surface area contributed by atoms with Crippen LogP contribution in [-0.4, -0.2) is 9.85 Å². The predicted octanol–water partition coefficient (Wildman–Crippen LogP) is 7.27. The Hall–Kier alpha value is -2.76. The van der Waals surface area contributed by atoms with Crippen molar-refractivity contribution in [2.75, 3.05) is 0 Å². The fourth-order valence-corrected chi connectivity index (χ4v) is 5.23. The van der Waals surface area contributed by atoms with Gasteiger partial charge in [-0.2, -0.15) is 0 Å². The van der Waals surface area contributed by atoms with Gasteiger partial charge < -0.3 is 0 Å². The predicted molar refractivity (Wildman–Crippen MR) is 117 cm³/mol. The maximum Gasteiger partial charge on any atom is 0.277 e. The van der Waals surface area contributed by atoms with Crippen LogP contribution in [0.25, 0.3) is 11.1 Å². The fraction of sp³-hybridized carbons (Fsp3) is 0.500. The summed E-state index contributed by atoms with van der Waals surface area (Å²) < 4.78 is 0. The van der Waals surface area contributed by atoms with E-state index >= 15 is 0 Å². The average molecular weight is 408 g/mol. The third-order valence-corrected chi connectivity index (χ3v) is 6.88. The van der Waals surface area contributed by atoms with Gasteiger partial charge in [-0.3, -0.25) is 20.2 Å². The lowest BCUT2D eigenvalue weighted by molar-refractivity contribution is -0.386. The smallest absolute Gasteiger partial charge is 0.258 e. The van der Waals surface area contributed by atoms with Crippen LogP contribution in [0, 0.1) is 20.2 Å². The first-order valence-corrected chi connectivity index (χ1v) is 11.1. The lowest BCUT2D eigenvalue weighted by atomic mass is 9.82. The van der Waals surface area contributed by atoms with E-state index in [1.54, 1.807) is 24.3 Å². The maximum atomic E-state index is 11.9. The third-order valence-electron chi connectivity index (χ3n) is 6.88. The van der Waals surface area contributed by atoms with Gasteiger partial charge in [0, 0.05) is 12.1 Å². The summed E-state index contributed by atoms with van der Waals surface area (Å²) in [6.07, 6.45) is 11.2. The minimum Gasteiger partial charge on any atom is -0.258 e. The molecule has 2 aliphatic carbocycles. The fourth-order valence-electron chi connectivity index (χ4n) is 5.23. The van der Waals surface area contributed by atoms with Crippen LogP contribution < -0.4 is 0 Å². The number of hydrogen-bond donors (Lipinski definition) is 0. The molecule has 2 saturated carbocycles. The first-order chi connectivity index (χ1) is 14.5. The van der Waals surface area contributed by atoms with E-state index in [1.165, 1.54) is 12.8 Å². The van der Waals surface area contributed by atoms with E-state index in [9.17, 15) is 20.2 Å². The molecular formula is C24H28N2O4. The summed E-state index contributed by atoms with van der Waals surface area (Å²) in [4.78, 5) is 22.9. The van der Waals surface area contributed by atoms with E-state index in [4.69, 9.17) is 0 Å². The SMILES string of the molecule is O=[N+]([O-])c1cc(C2CCCCC2)ccc1-c1ccc(C2CCCCC2)cc1[N+](=O)[O-]. The van der Waals surface area contributed by atoms with Crippen LogP contribution >= 0.6 is 0 Å². The van der Waals surface area contributed by atoms with Gasteiger partial charge in [0.05, 0.1) is 21.0 Å². The van der Waals surface area contributed by atoms with Crippen molar-refractivity contribution in [1.82, 2.24) is 0 Å². The normalized spacial score (nSPS) is 18.3. The Morgan fingerprint density at radius 3 is 1.30 bits per heavy atom. The molecule has 0 spiro atoms. The van der Waals surface area contributed by atoms with Gasteiger partial charge >= 0.3 is 0 Å². The van der Waals surface area contributed by atoms with Gasteiger partial charge in [-0.25, -0.2) is 0 Å². The van der Waals surface area contributed by atoms with Crippen molar-refractivity contribution in [2.45, 2.75) is 76.0 Å². The molecule has 2 aromatic rings. The molecule has 2 aromatic carbocycles. The Balaban J connectivity index is 1.74. The first-order valence-electron chi connectivity index (χ1n) is 11.1. The van der Waals surface area contributed by atoms with Crippen LogP contribution in [0.3, 0.4) is 0 Å². The third kappa shape index (κ3) is 4.23. The van der Waals surface area contributed by atoms with Crippen molar-refractivity contribution in [3.8, 4) is 11.1 Å². The number of nitro benzene ring substituents is 2. The van der Waals surface area contributed by atoms with Crippen molar-refractivity contribution in [3.63, 3.8) is 0 Å². The topological polar surface area (TPSA) is 86.3 Å². The Bertz CT molecular complexity index is 867. The summed E-state index contributed by atoms with van der Waals surface area (Å²) in [5.41, 5.74) is 2.55. The lowest BCUT2D eigenvalue weighted by Crippen LogP contribution is -2.06. The highest BCUT2D eigenvalue weighted by atomic mass is 16.6. The molecule has 2 aliphatic rings. The first kappa shape index (κ1) is 20.5. The second-order valence-corrected chi connectivity index (χ2v) is 8.74. The van der Waals surface area contributed by atoms with Crippen LogP contribution in [0.1, 0.15) is 87.2 Å². The van der Waals surface area contributed by atoms with E-state index in [2.05, 4.69) is 0 Å². The van der Waals surface area contributed by atoms with E-state index in [-0.39, 0.29) is 11.4 Å². The van der Waals surface area contributed by atoms with E-state index < -0.39 is 9.85 Å². The Kier molecular flexibility index (Phi) is 6.11. The number of benzene rings is 2. The molecule has 2 fully saturated rings. The molecule has 0 bridgehead atoms. The molecule has 158 valence electrons. The minimum atomic E-state index is -0.402. The molecule has 0 unspecified atom stereocenters. The van der Waals surface area contributed by atoms with Gasteiger partial charge in [0.1, 0.15) is 0 Å². The highest BCUT2D eigenvalue weighted by molar-refractivity contribution is 5.81. The van der Waals surface area contributed by atoms with E-state index in [1.807, 2.05) is 12.1 Å². The zero-order valence-electron chi connectivity index (χ0n) is 17.2. The van der Waals surface area contributed by atoms with Gasteiger partial charge in [0.15, 0.2) is 0 Å². The molecule has 0 amide bonds. The molecule has 6 nitrogen and oxygen atoms in total. The maximum absolute atomic E-state index is 11.9. The molecule has 0 heterocycles. The number of rotatable bonds is 5. The van der Waals surface area contributed by atoms with E-state index in [0.717, 1.165) is 62.5 Å². The van der Waals surface area contributed by atoms with Crippen molar-refractivity contribution in [2.24, 2.45) is 0 Å². The second kappa shape index (κ2) is 8.94. The van der Waals surface area contributed by atoms with Crippen LogP contribution in [0.4, 0.5) is 11.4 Å². The molecular weight excluding hydrogens is 380 g/mol. The van der Waals surface area contributed by atoms with E-state index in [0.29, 0.717) is 23.0 Å². The van der Waals surface area contributed by atoms with Gasteiger partial charge in [-0.05, 0) is 60.8 Å². The van der Waals surface area contributed by atoms with Gasteiger partial charge in [-0.1, -0.05) is 50.7 Å². The average Bonchev–Trinajstić information content (AvgIpc) is 2.79. The molecule has 0 radical (unpaired) electrons. The minimum absolute atomic E-state index is 0.0356. The quantitative estimate of drug-likeness (QED) is 0.384. The van der Waals surface area contributed by atoms with Crippen LogP contribution in [-0.2, 0) is 0 Å². The summed E-state index contributed by atoms with van der Waals surface area (Å²) in [7, 11) is 0. The van der Waals surface area contributed by atoms with Crippen molar-refractivity contribution >= 4 is 11.4 Å². The monoisotopic (exact) mass is 408 g/mol. The molecule has 0 N–H and O–H groups in total. The summed E-state index contributed by atoms with van der Waals surface area (Å²) in [5.74, 6) is 0.685.